The van der Waals surface area contributed by atoms with Crippen LogP contribution in [0.4, 0.5) is 0 Å². The number of methoxy groups -OCH3 is 1. The first-order chi connectivity index (χ1) is 7.91. The van der Waals surface area contributed by atoms with E-state index >= 15 is 0 Å². The molecule has 0 aromatic rings. The van der Waals surface area contributed by atoms with Crippen molar-refractivity contribution in [1.29, 1.82) is 0 Å². The summed E-state index contributed by atoms with van der Waals surface area (Å²) in [5, 5.41) is 8.61. The molecule has 0 aromatic carbocycles. The Morgan fingerprint density at radius 2 is 2.06 bits per heavy atom. The Labute approximate surface area is 102 Å². The SMILES string of the molecule is COC(=O)CCCS(=O)(=O)NC(C)CCCO. The molecule has 7 heteroatoms. The van der Waals surface area contributed by atoms with Gasteiger partial charge in [-0.05, 0) is 26.2 Å². The molecule has 2 N–H and O–H groups in total. The summed E-state index contributed by atoms with van der Waals surface area (Å²) in [4.78, 5) is 10.8. The summed E-state index contributed by atoms with van der Waals surface area (Å²) < 4.78 is 30.0. The summed E-state index contributed by atoms with van der Waals surface area (Å²) >= 11 is 0. The quantitative estimate of drug-likeness (QED) is 0.574. The molecule has 0 aliphatic heterocycles. The van der Waals surface area contributed by atoms with Gasteiger partial charge in [-0.25, -0.2) is 13.1 Å². The largest absolute Gasteiger partial charge is 0.469 e. The van der Waals surface area contributed by atoms with Crippen molar-refractivity contribution in [2.75, 3.05) is 19.5 Å². The van der Waals surface area contributed by atoms with Gasteiger partial charge in [-0.2, -0.15) is 0 Å². The Balaban J connectivity index is 3.91. The number of hydrogen-bond donors (Lipinski definition) is 2. The second kappa shape index (κ2) is 8.43. The molecule has 0 heterocycles. The molecule has 0 aromatic heterocycles. The minimum Gasteiger partial charge on any atom is -0.469 e. The molecular weight excluding hydrogens is 246 g/mol. The van der Waals surface area contributed by atoms with E-state index in [0.717, 1.165) is 0 Å². The molecule has 17 heavy (non-hydrogen) atoms. The Kier molecular flexibility index (Phi) is 8.11. The van der Waals surface area contributed by atoms with Gasteiger partial charge in [-0.3, -0.25) is 4.79 Å². The molecule has 102 valence electrons. The van der Waals surface area contributed by atoms with Crippen molar-refractivity contribution in [3.05, 3.63) is 0 Å². The topological polar surface area (TPSA) is 92.7 Å². The van der Waals surface area contributed by atoms with Crippen LogP contribution >= 0.6 is 0 Å². The predicted molar refractivity (Wildman–Crippen MR) is 64.0 cm³/mol. The number of carbonyl (C=O) groups is 1. The molecule has 0 saturated carbocycles. The number of aliphatic hydroxyl groups is 1. The average molecular weight is 267 g/mol. The van der Waals surface area contributed by atoms with Crippen molar-refractivity contribution in [3.8, 4) is 0 Å². The third kappa shape index (κ3) is 9.08. The van der Waals surface area contributed by atoms with Crippen molar-refractivity contribution in [3.63, 3.8) is 0 Å². The Morgan fingerprint density at radius 1 is 1.41 bits per heavy atom. The van der Waals surface area contributed by atoms with E-state index in [1.807, 2.05) is 0 Å². The minimum atomic E-state index is -3.35. The zero-order valence-electron chi connectivity index (χ0n) is 10.3. The maximum atomic E-state index is 11.5. The molecule has 0 saturated heterocycles. The van der Waals surface area contributed by atoms with Crippen LogP contribution < -0.4 is 4.72 Å². The average Bonchev–Trinajstić information content (AvgIpc) is 2.25. The maximum Gasteiger partial charge on any atom is 0.305 e. The van der Waals surface area contributed by atoms with Gasteiger partial charge in [0.05, 0.1) is 12.9 Å². The van der Waals surface area contributed by atoms with Gasteiger partial charge >= 0.3 is 5.97 Å². The van der Waals surface area contributed by atoms with Crippen molar-refractivity contribution < 1.29 is 23.1 Å². The number of sulfonamides is 1. The Morgan fingerprint density at radius 3 is 2.59 bits per heavy atom. The summed E-state index contributed by atoms with van der Waals surface area (Å²) in [6.45, 7) is 1.79. The fourth-order valence-electron chi connectivity index (χ4n) is 1.33. The second-order valence-electron chi connectivity index (χ2n) is 3.88. The Bertz CT molecular complexity index is 315. The summed E-state index contributed by atoms with van der Waals surface area (Å²) in [7, 11) is -2.08. The smallest absolute Gasteiger partial charge is 0.305 e. The molecule has 0 spiro atoms. The van der Waals surface area contributed by atoms with Crippen molar-refractivity contribution in [1.82, 2.24) is 4.72 Å². The predicted octanol–water partition coefficient (Wildman–Crippen LogP) is 0.0200. The van der Waals surface area contributed by atoms with Gasteiger partial charge in [0.1, 0.15) is 0 Å². The first-order valence-electron chi connectivity index (χ1n) is 5.59. The normalized spacial score (nSPS) is 13.4. The molecule has 1 unspecified atom stereocenters. The standard InChI is InChI=1S/C10H21NO5S/c1-9(5-3-7-12)11-17(14,15)8-4-6-10(13)16-2/h9,11-12H,3-8H2,1-2H3. The van der Waals surface area contributed by atoms with Crippen LogP contribution in [0, 0.1) is 0 Å². The first kappa shape index (κ1) is 16.3. The number of carbonyl (C=O) groups excluding carboxylic acids is 1. The third-order valence-electron chi connectivity index (χ3n) is 2.20. The van der Waals surface area contributed by atoms with Crippen LogP contribution in [-0.4, -0.2) is 45.0 Å². The molecule has 0 aliphatic rings. The third-order valence-corrected chi connectivity index (χ3v) is 3.79. The lowest BCUT2D eigenvalue weighted by Crippen LogP contribution is -2.34. The monoisotopic (exact) mass is 267 g/mol. The molecule has 0 bridgehead atoms. The summed E-state index contributed by atoms with van der Waals surface area (Å²) in [6, 6.07) is -0.203. The molecule has 0 radical (unpaired) electrons. The van der Waals surface area contributed by atoms with Crippen LogP contribution in [-0.2, 0) is 19.6 Å². The molecule has 0 rings (SSSR count). The Hall–Kier alpha value is -0.660. The van der Waals surface area contributed by atoms with Crippen molar-refractivity contribution >= 4 is 16.0 Å². The van der Waals surface area contributed by atoms with Gasteiger partial charge in [0, 0.05) is 19.1 Å². The number of esters is 1. The fourth-order valence-corrected chi connectivity index (χ4v) is 2.70. The highest BCUT2D eigenvalue weighted by Gasteiger charge is 2.14. The lowest BCUT2D eigenvalue weighted by atomic mass is 10.2. The number of hydrogen-bond acceptors (Lipinski definition) is 5. The van der Waals surface area contributed by atoms with Crippen LogP contribution in [0.25, 0.3) is 0 Å². The lowest BCUT2D eigenvalue weighted by molar-refractivity contribution is -0.140. The van der Waals surface area contributed by atoms with E-state index in [-0.39, 0.29) is 31.2 Å². The molecule has 0 fully saturated rings. The van der Waals surface area contributed by atoms with Gasteiger partial charge in [0.2, 0.25) is 10.0 Å². The van der Waals surface area contributed by atoms with Gasteiger partial charge in [-0.15, -0.1) is 0 Å². The molecular formula is C10H21NO5S. The van der Waals surface area contributed by atoms with Gasteiger partial charge in [-0.1, -0.05) is 0 Å². The molecule has 1 atom stereocenters. The highest BCUT2D eigenvalue weighted by atomic mass is 32.2. The van der Waals surface area contributed by atoms with Crippen LogP contribution in [0.15, 0.2) is 0 Å². The number of aliphatic hydroxyl groups excluding tert-OH is 1. The highest BCUT2D eigenvalue weighted by Crippen LogP contribution is 2.01. The molecule has 0 aliphatic carbocycles. The highest BCUT2D eigenvalue weighted by molar-refractivity contribution is 7.89. The minimum absolute atomic E-state index is 0.0500. The summed E-state index contributed by atoms with van der Waals surface area (Å²) in [6.07, 6.45) is 1.50. The molecule has 0 amide bonds. The van der Waals surface area contributed by atoms with Crippen molar-refractivity contribution in [2.45, 2.75) is 38.6 Å². The van der Waals surface area contributed by atoms with E-state index in [1.54, 1.807) is 6.92 Å². The van der Waals surface area contributed by atoms with E-state index in [2.05, 4.69) is 9.46 Å². The lowest BCUT2D eigenvalue weighted by Gasteiger charge is -2.13. The maximum absolute atomic E-state index is 11.5. The number of rotatable bonds is 9. The van der Waals surface area contributed by atoms with E-state index in [1.165, 1.54) is 7.11 Å². The van der Waals surface area contributed by atoms with E-state index in [0.29, 0.717) is 12.8 Å². The first-order valence-corrected chi connectivity index (χ1v) is 7.24. The molecule has 6 nitrogen and oxygen atoms in total. The number of nitrogens with one attached hydrogen (secondary N) is 1. The van der Waals surface area contributed by atoms with Crippen LogP contribution in [0.5, 0.6) is 0 Å². The van der Waals surface area contributed by atoms with Gasteiger partial charge in [0.15, 0.2) is 0 Å². The van der Waals surface area contributed by atoms with Crippen LogP contribution in [0.1, 0.15) is 32.6 Å². The zero-order chi connectivity index (χ0) is 13.3. The van der Waals surface area contributed by atoms with Crippen molar-refractivity contribution in [2.24, 2.45) is 0 Å². The van der Waals surface area contributed by atoms with E-state index < -0.39 is 16.0 Å². The van der Waals surface area contributed by atoms with E-state index in [9.17, 15) is 13.2 Å². The summed E-state index contributed by atoms with van der Waals surface area (Å²) in [5.74, 6) is -0.500. The van der Waals surface area contributed by atoms with Crippen LogP contribution in [0.3, 0.4) is 0 Å². The van der Waals surface area contributed by atoms with Crippen LogP contribution in [0.2, 0.25) is 0 Å². The van der Waals surface area contributed by atoms with Gasteiger partial charge in [0.25, 0.3) is 0 Å². The summed E-state index contributed by atoms with van der Waals surface area (Å²) in [5.41, 5.74) is 0. The van der Waals surface area contributed by atoms with E-state index in [4.69, 9.17) is 5.11 Å². The fraction of sp³-hybridized carbons (Fsp3) is 0.900. The second-order valence-corrected chi connectivity index (χ2v) is 5.76. The van der Waals surface area contributed by atoms with Gasteiger partial charge < -0.3 is 9.84 Å². The zero-order valence-corrected chi connectivity index (χ0v) is 11.1. The number of ether oxygens (including phenoxy) is 1.